The number of hydrogen-bond acceptors (Lipinski definition) is 2. The highest BCUT2D eigenvalue weighted by Gasteiger charge is 2.07. The summed E-state index contributed by atoms with van der Waals surface area (Å²) in [5.74, 6) is 0.960. The first-order valence-electron chi connectivity index (χ1n) is 6.11. The molecule has 98 valence electrons. The van der Waals surface area contributed by atoms with E-state index < -0.39 is 0 Å². The lowest BCUT2D eigenvalue weighted by atomic mass is 10.3. The van der Waals surface area contributed by atoms with Crippen molar-refractivity contribution in [2.24, 2.45) is 7.05 Å². The van der Waals surface area contributed by atoms with Crippen molar-refractivity contribution in [1.82, 2.24) is 19.4 Å². The molecule has 2 heterocycles. The summed E-state index contributed by atoms with van der Waals surface area (Å²) < 4.78 is 4.09. The highest BCUT2D eigenvalue weighted by molar-refractivity contribution is 6.29. The highest BCUT2D eigenvalue weighted by atomic mass is 35.5. The van der Waals surface area contributed by atoms with Gasteiger partial charge < -0.3 is 14.5 Å². The first-order valence-corrected chi connectivity index (χ1v) is 6.49. The number of hydrogen-bond donors (Lipinski definition) is 1. The molecule has 0 radical (unpaired) electrons. The topological polar surface area (TPSA) is 34.8 Å². The Balaban J connectivity index is 2.10. The van der Waals surface area contributed by atoms with Crippen LogP contribution in [0.4, 0.5) is 0 Å². The van der Waals surface area contributed by atoms with Gasteiger partial charge in [-0.2, -0.15) is 0 Å². The van der Waals surface area contributed by atoms with Crippen LogP contribution in [0.1, 0.15) is 25.4 Å². The first kappa shape index (κ1) is 13.2. The van der Waals surface area contributed by atoms with E-state index >= 15 is 0 Å². The lowest BCUT2D eigenvalue weighted by molar-refractivity contribution is 0.559. The van der Waals surface area contributed by atoms with E-state index in [-0.39, 0.29) is 0 Å². The predicted octanol–water partition coefficient (Wildman–Crippen LogP) is 2.42. The smallest absolute Gasteiger partial charge is 0.129 e. The average molecular weight is 267 g/mol. The fourth-order valence-corrected chi connectivity index (χ4v) is 1.94. The second-order valence-electron chi connectivity index (χ2n) is 4.72. The number of aromatic nitrogens is 3. The zero-order chi connectivity index (χ0) is 13.1. The molecule has 0 amide bonds. The van der Waals surface area contributed by atoms with Gasteiger partial charge in [-0.05, 0) is 12.1 Å². The molecule has 0 saturated heterocycles. The monoisotopic (exact) mass is 266 g/mol. The van der Waals surface area contributed by atoms with Gasteiger partial charge in [-0.3, -0.25) is 0 Å². The van der Waals surface area contributed by atoms with Gasteiger partial charge in [-0.25, -0.2) is 4.98 Å². The summed E-state index contributed by atoms with van der Waals surface area (Å²) in [6.07, 6.45) is 3.76. The molecule has 2 aromatic heterocycles. The van der Waals surface area contributed by atoms with Gasteiger partial charge in [-0.15, -0.1) is 0 Å². The Hall–Kier alpha value is -1.26. The Labute approximate surface area is 113 Å². The minimum Gasteiger partial charge on any atom is -0.343 e. The molecule has 0 aromatic carbocycles. The van der Waals surface area contributed by atoms with Crippen LogP contribution in [0.3, 0.4) is 0 Å². The standard InChI is InChI=1S/C13H19ClN4/c1-10(2)15-7-11-5-4-6-18(11)9-13-16-8-12(14)17(13)3/h4-6,8,10,15H,7,9H2,1-3H3. The zero-order valence-electron chi connectivity index (χ0n) is 11.0. The molecule has 0 atom stereocenters. The fourth-order valence-electron chi connectivity index (χ4n) is 1.80. The minimum absolute atomic E-state index is 0.482. The summed E-state index contributed by atoms with van der Waals surface area (Å²) in [5.41, 5.74) is 1.25. The molecule has 0 aliphatic carbocycles. The summed E-state index contributed by atoms with van der Waals surface area (Å²) in [6, 6.07) is 4.66. The van der Waals surface area contributed by atoms with Crippen molar-refractivity contribution in [3.8, 4) is 0 Å². The molecule has 18 heavy (non-hydrogen) atoms. The fraction of sp³-hybridized carbons (Fsp3) is 0.462. The van der Waals surface area contributed by atoms with Crippen molar-refractivity contribution >= 4 is 11.6 Å². The summed E-state index contributed by atoms with van der Waals surface area (Å²) in [7, 11) is 1.93. The molecule has 0 unspecified atom stereocenters. The Kier molecular flexibility index (Phi) is 4.09. The number of imidazole rings is 1. The maximum atomic E-state index is 5.99. The summed E-state index contributed by atoms with van der Waals surface area (Å²) in [5, 5.41) is 4.09. The van der Waals surface area contributed by atoms with Crippen LogP contribution in [-0.2, 0) is 20.1 Å². The van der Waals surface area contributed by atoms with Crippen molar-refractivity contribution in [2.45, 2.75) is 33.0 Å². The summed E-state index contributed by atoms with van der Waals surface area (Å²) >= 11 is 5.99. The molecule has 4 nitrogen and oxygen atoms in total. The van der Waals surface area contributed by atoms with Crippen molar-refractivity contribution < 1.29 is 0 Å². The summed E-state index contributed by atoms with van der Waals surface area (Å²) in [4.78, 5) is 4.32. The number of halogens is 1. The van der Waals surface area contributed by atoms with Gasteiger partial charge in [0.05, 0.1) is 12.7 Å². The van der Waals surface area contributed by atoms with Crippen LogP contribution in [0.25, 0.3) is 0 Å². The van der Waals surface area contributed by atoms with Crippen LogP contribution in [-0.4, -0.2) is 20.2 Å². The Morgan fingerprint density at radius 3 is 2.83 bits per heavy atom. The van der Waals surface area contributed by atoms with Gasteiger partial charge in [0.15, 0.2) is 0 Å². The molecule has 0 fully saturated rings. The maximum Gasteiger partial charge on any atom is 0.129 e. The number of nitrogens with zero attached hydrogens (tertiary/aromatic N) is 3. The molecule has 0 saturated carbocycles. The van der Waals surface area contributed by atoms with Gasteiger partial charge in [0.1, 0.15) is 11.0 Å². The van der Waals surface area contributed by atoms with Crippen molar-refractivity contribution in [1.29, 1.82) is 0 Å². The molecular weight excluding hydrogens is 248 g/mol. The number of nitrogens with one attached hydrogen (secondary N) is 1. The van der Waals surface area contributed by atoms with E-state index in [0.29, 0.717) is 11.2 Å². The third-order valence-electron chi connectivity index (χ3n) is 2.95. The van der Waals surface area contributed by atoms with Crippen molar-refractivity contribution in [2.75, 3.05) is 0 Å². The molecule has 1 N–H and O–H groups in total. The SMILES string of the molecule is CC(C)NCc1cccn1Cc1ncc(Cl)n1C. The molecule has 2 aromatic rings. The van der Waals surface area contributed by atoms with Gasteiger partial charge in [0, 0.05) is 31.5 Å². The minimum atomic E-state index is 0.482. The third kappa shape index (κ3) is 2.94. The first-order chi connectivity index (χ1) is 8.58. The van der Waals surface area contributed by atoms with E-state index in [2.05, 4.69) is 47.0 Å². The lowest BCUT2D eigenvalue weighted by Crippen LogP contribution is -2.23. The van der Waals surface area contributed by atoms with Crippen LogP contribution < -0.4 is 5.32 Å². The maximum absolute atomic E-state index is 5.99. The van der Waals surface area contributed by atoms with E-state index in [0.717, 1.165) is 18.9 Å². The summed E-state index contributed by atoms with van der Waals surface area (Å²) in [6.45, 7) is 5.89. The molecule has 0 bridgehead atoms. The second-order valence-corrected chi connectivity index (χ2v) is 5.11. The van der Waals surface area contributed by atoms with Crippen molar-refractivity contribution in [3.05, 3.63) is 41.2 Å². The van der Waals surface area contributed by atoms with Crippen LogP contribution in [0.5, 0.6) is 0 Å². The third-order valence-corrected chi connectivity index (χ3v) is 3.31. The van der Waals surface area contributed by atoms with Gasteiger partial charge in [0.2, 0.25) is 0 Å². The molecule has 5 heteroatoms. The van der Waals surface area contributed by atoms with Gasteiger partial charge in [0.25, 0.3) is 0 Å². The zero-order valence-corrected chi connectivity index (χ0v) is 11.8. The van der Waals surface area contributed by atoms with Crippen LogP contribution in [0, 0.1) is 0 Å². The second kappa shape index (κ2) is 5.59. The Bertz CT molecular complexity index is 513. The normalized spacial score (nSPS) is 11.4. The molecule has 0 aliphatic heterocycles. The lowest BCUT2D eigenvalue weighted by Gasteiger charge is -2.12. The van der Waals surface area contributed by atoms with Crippen molar-refractivity contribution in [3.63, 3.8) is 0 Å². The molecule has 2 rings (SSSR count). The number of rotatable bonds is 5. The van der Waals surface area contributed by atoms with Gasteiger partial charge in [-0.1, -0.05) is 25.4 Å². The van der Waals surface area contributed by atoms with E-state index in [4.69, 9.17) is 11.6 Å². The highest BCUT2D eigenvalue weighted by Crippen LogP contribution is 2.12. The van der Waals surface area contributed by atoms with Crippen LogP contribution in [0.2, 0.25) is 5.15 Å². The largest absolute Gasteiger partial charge is 0.343 e. The average Bonchev–Trinajstić information content (AvgIpc) is 2.88. The Morgan fingerprint density at radius 2 is 2.22 bits per heavy atom. The van der Waals surface area contributed by atoms with Crippen LogP contribution in [0.15, 0.2) is 24.5 Å². The molecule has 0 spiro atoms. The molecular formula is C13H19ClN4. The van der Waals surface area contributed by atoms with E-state index in [1.165, 1.54) is 5.69 Å². The molecule has 0 aliphatic rings. The Morgan fingerprint density at radius 1 is 1.44 bits per heavy atom. The predicted molar refractivity (Wildman–Crippen MR) is 73.7 cm³/mol. The van der Waals surface area contributed by atoms with Crippen LogP contribution >= 0.6 is 11.6 Å². The van der Waals surface area contributed by atoms with Gasteiger partial charge >= 0.3 is 0 Å². The van der Waals surface area contributed by atoms with E-state index in [9.17, 15) is 0 Å². The van der Waals surface area contributed by atoms with E-state index in [1.54, 1.807) is 6.20 Å². The quantitative estimate of drug-likeness (QED) is 0.902. The van der Waals surface area contributed by atoms with E-state index in [1.807, 2.05) is 11.6 Å².